The molecule has 3 heterocycles. The molecule has 7 nitrogen and oxygen atoms in total. The van der Waals surface area contributed by atoms with Gasteiger partial charge in [-0.05, 0) is 34.7 Å². The van der Waals surface area contributed by atoms with Crippen LogP contribution in [0.5, 0.6) is 0 Å². The lowest BCUT2D eigenvalue weighted by atomic mass is 9.89. The number of H-pyrrole nitrogens is 1. The lowest BCUT2D eigenvalue weighted by Crippen LogP contribution is -2.57. The Morgan fingerprint density at radius 2 is 1.69 bits per heavy atom. The van der Waals surface area contributed by atoms with Gasteiger partial charge in [-0.25, -0.2) is 0 Å². The highest BCUT2D eigenvalue weighted by Gasteiger charge is 2.49. The normalized spacial score (nSPS) is 18.4. The van der Waals surface area contributed by atoms with Gasteiger partial charge in [-0.2, -0.15) is 0 Å². The highest BCUT2D eigenvalue weighted by Crippen LogP contribution is 2.46. The molecule has 0 aliphatic carbocycles. The van der Waals surface area contributed by atoms with E-state index >= 15 is 0 Å². The third-order valence-electron chi connectivity index (χ3n) is 7.75. The van der Waals surface area contributed by atoms with Crippen LogP contribution in [-0.4, -0.2) is 46.2 Å². The lowest BCUT2D eigenvalue weighted by Gasteiger charge is -2.37. The summed E-state index contributed by atoms with van der Waals surface area (Å²) >= 11 is 0. The molecule has 0 bridgehead atoms. The quantitative estimate of drug-likeness (QED) is 0.342. The van der Waals surface area contributed by atoms with Crippen molar-refractivity contribution in [3.05, 3.63) is 107 Å². The predicted molar refractivity (Wildman–Crippen MR) is 150 cm³/mol. The fourth-order valence-electron chi connectivity index (χ4n) is 5.89. The molecule has 3 unspecified atom stereocenters. The van der Waals surface area contributed by atoms with Crippen molar-refractivity contribution in [3.63, 3.8) is 0 Å². The molecular formula is C32H32N4O3. The number of aromatic amines is 1. The van der Waals surface area contributed by atoms with E-state index in [1.54, 1.807) is 4.90 Å². The highest BCUT2D eigenvalue weighted by molar-refractivity contribution is 6.04. The Balaban J connectivity index is 1.36. The Kier molecular flexibility index (Phi) is 6.43. The maximum Gasteiger partial charge on any atom is 0.255 e. The molecule has 0 radical (unpaired) electrons. The van der Waals surface area contributed by atoms with Crippen molar-refractivity contribution >= 4 is 28.6 Å². The van der Waals surface area contributed by atoms with Gasteiger partial charge in [0.25, 0.3) is 5.91 Å². The van der Waals surface area contributed by atoms with E-state index < -0.39 is 12.1 Å². The molecule has 0 saturated carbocycles. The van der Waals surface area contributed by atoms with Crippen molar-refractivity contribution in [1.82, 2.24) is 20.5 Å². The SMILES string of the molecule is CC(C)CNC(=O)C(Cc1ccccc1)NC(=O)C1Cc2c([nH]c3ccccc23)C2c3ccccc3C(=O)N12. The number of nitrogens with one attached hydrogen (secondary N) is 3. The molecule has 0 saturated heterocycles. The van der Waals surface area contributed by atoms with E-state index in [2.05, 4.69) is 21.7 Å². The number of amides is 3. The maximum absolute atomic E-state index is 14.1. The van der Waals surface area contributed by atoms with Crippen LogP contribution in [0.25, 0.3) is 10.9 Å². The summed E-state index contributed by atoms with van der Waals surface area (Å²) in [5.74, 6) is -0.430. The van der Waals surface area contributed by atoms with E-state index in [9.17, 15) is 14.4 Å². The number of carbonyl (C=O) groups is 3. The minimum atomic E-state index is -0.762. The number of fused-ring (bicyclic) bond motifs is 7. The van der Waals surface area contributed by atoms with Gasteiger partial charge in [0.2, 0.25) is 11.8 Å². The number of carbonyl (C=O) groups excluding carboxylic acids is 3. The van der Waals surface area contributed by atoms with Gasteiger partial charge in [0.15, 0.2) is 0 Å². The van der Waals surface area contributed by atoms with Gasteiger partial charge in [-0.1, -0.05) is 80.6 Å². The van der Waals surface area contributed by atoms with Crippen LogP contribution in [0.2, 0.25) is 0 Å². The number of hydrogen-bond acceptors (Lipinski definition) is 3. The number of rotatable bonds is 7. The topological polar surface area (TPSA) is 94.3 Å². The van der Waals surface area contributed by atoms with Crippen molar-refractivity contribution < 1.29 is 14.4 Å². The highest BCUT2D eigenvalue weighted by atomic mass is 16.2. The van der Waals surface area contributed by atoms with Gasteiger partial charge in [-0.3, -0.25) is 14.4 Å². The first-order valence-electron chi connectivity index (χ1n) is 13.6. The summed E-state index contributed by atoms with van der Waals surface area (Å²) in [5, 5.41) is 7.06. The number of aromatic nitrogens is 1. The third-order valence-corrected chi connectivity index (χ3v) is 7.75. The van der Waals surface area contributed by atoms with Crippen LogP contribution in [0.3, 0.4) is 0 Å². The van der Waals surface area contributed by atoms with E-state index in [0.29, 0.717) is 24.9 Å². The van der Waals surface area contributed by atoms with Crippen molar-refractivity contribution in [2.75, 3.05) is 6.54 Å². The van der Waals surface area contributed by atoms with Gasteiger partial charge in [-0.15, -0.1) is 0 Å². The Morgan fingerprint density at radius 1 is 0.974 bits per heavy atom. The summed E-state index contributed by atoms with van der Waals surface area (Å²) in [4.78, 5) is 46.3. The molecule has 198 valence electrons. The number of benzene rings is 3. The smallest absolute Gasteiger partial charge is 0.255 e. The summed E-state index contributed by atoms with van der Waals surface area (Å²) in [6.07, 6.45) is 0.728. The van der Waals surface area contributed by atoms with Crippen LogP contribution in [0.15, 0.2) is 78.9 Å². The molecule has 7 heteroatoms. The molecule has 4 aromatic rings. The average molecular weight is 521 g/mol. The largest absolute Gasteiger partial charge is 0.356 e. The predicted octanol–water partition coefficient (Wildman–Crippen LogP) is 4.14. The second-order valence-corrected chi connectivity index (χ2v) is 10.9. The summed E-state index contributed by atoms with van der Waals surface area (Å²) in [5.41, 5.74) is 5.43. The summed E-state index contributed by atoms with van der Waals surface area (Å²) < 4.78 is 0. The Labute approximate surface area is 227 Å². The molecule has 3 atom stereocenters. The summed E-state index contributed by atoms with van der Waals surface area (Å²) in [6.45, 7) is 4.58. The van der Waals surface area contributed by atoms with E-state index in [4.69, 9.17) is 0 Å². The Hall–Kier alpha value is -4.39. The molecule has 2 aliphatic heterocycles. The fraction of sp³-hybridized carbons (Fsp3) is 0.281. The van der Waals surface area contributed by atoms with Crippen molar-refractivity contribution in [3.8, 4) is 0 Å². The number of nitrogens with zero attached hydrogens (tertiary/aromatic N) is 1. The van der Waals surface area contributed by atoms with E-state index in [-0.39, 0.29) is 29.7 Å². The fourth-order valence-corrected chi connectivity index (χ4v) is 5.89. The lowest BCUT2D eigenvalue weighted by molar-refractivity contribution is -0.132. The first kappa shape index (κ1) is 24.9. The minimum Gasteiger partial charge on any atom is -0.356 e. The van der Waals surface area contributed by atoms with E-state index in [1.807, 2.05) is 86.6 Å². The van der Waals surface area contributed by atoms with Crippen molar-refractivity contribution in [1.29, 1.82) is 0 Å². The average Bonchev–Trinajstić information content (AvgIpc) is 3.47. The molecule has 3 amide bonds. The van der Waals surface area contributed by atoms with Crippen LogP contribution >= 0.6 is 0 Å². The molecule has 0 spiro atoms. The van der Waals surface area contributed by atoms with Crippen LogP contribution in [0.1, 0.15) is 52.6 Å². The maximum atomic E-state index is 14.1. The Morgan fingerprint density at radius 3 is 2.49 bits per heavy atom. The first-order chi connectivity index (χ1) is 18.9. The zero-order chi connectivity index (χ0) is 27.1. The third kappa shape index (κ3) is 4.48. The van der Waals surface area contributed by atoms with Crippen LogP contribution < -0.4 is 10.6 Å². The van der Waals surface area contributed by atoms with Crippen LogP contribution in [0, 0.1) is 5.92 Å². The van der Waals surface area contributed by atoms with Gasteiger partial charge >= 0.3 is 0 Å². The second kappa shape index (κ2) is 10.1. The summed E-state index contributed by atoms with van der Waals surface area (Å²) in [7, 11) is 0. The minimum absolute atomic E-state index is 0.163. The van der Waals surface area contributed by atoms with Gasteiger partial charge < -0.3 is 20.5 Å². The monoisotopic (exact) mass is 520 g/mol. The second-order valence-electron chi connectivity index (χ2n) is 10.9. The van der Waals surface area contributed by atoms with E-state index in [0.717, 1.165) is 33.3 Å². The molecule has 2 aliphatic rings. The summed E-state index contributed by atoms with van der Waals surface area (Å²) in [6, 6.07) is 23.4. The molecule has 6 rings (SSSR count). The van der Waals surface area contributed by atoms with Crippen molar-refractivity contribution in [2.45, 2.75) is 44.8 Å². The van der Waals surface area contributed by atoms with Crippen LogP contribution in [-0.2, 0) is 22.4 Å². The first-order valence-corrected chi connectivity index (χ1v) is 13.6. The zero-order valence-corrected chi connectivity index (χ0v) is 22.1. The van der Waals surface area contributed by atoms with Crippen molar-refractivity contribution in [2.24, 2.45) is 5.92 Å². The molecule has 3 N–H and O–H groups in total. The molecule has 1 aromatic heterocycles. The molecule has 39 heavy (non-hydrogen) atoms. The van der Waals surface area contributed by atoms with Gasteiger partial charge in [0, 0.05) is 41.5 Å². The van der Waals surface area contributed by atoms with Gasteiger partial charge in [0.1, 0.15) is 12.1 Å². The number of hydrogen-bond donors (Lipinski definition) is 3. The Bertz CT molecular complexity index is 1560. The van der Waals surface area contributed by atoms with Crippen LogP contribution in [0.4, 0.5) is 0 Å². The molecule has 0 fully saturated rings. The molecule has 3 aromatic carbocycles. The standard InChI is InChI=1S/C32H32N4O3/c1-19(2)18-33-30(37)26(16-20-10-4-3-5-11-20)35-31(38)27-17-24-21-12-8-9-15-25(21)34-28(24)29-22-13-6-7-14-23(22)32(39)36(27)29/h3-15,19,26-27,29,34H,16-18H2,1-2H3,(H,33,37)(H,35,38). The van der Waals surface area contributed by atoms with Gasteiger partial charge in [0.05, 0.1) is 6.04 Å². The number of para-hydroxylation sites is 1. The zero-order valence-electron chi connectivity index (χ0n) is 22.1. The molecular weight excluding hydrogens is 488 g/mol. The van der Waals surface area contributed by atoms with E-state index in [1.165, 1.54) is 0 Å².